The van der Waals surface area contributed by atoms with Crippen LogP contribution in [0.2, 0.25) is 0 Å². The van der Waals surface area contributed by atoms with Crippen molar-refractivity contribution in [2.75, 3.05) is 0 Å². The molecule has 2 aromatic heterocycles. The summed E-state index contributed by atoms with van der Waals surface area (Å²) in [5.74, 6) is -1.72. The van der Waals surface area contributed by atoms with Crippen LogP contribution in [0.5, 0.6) is 0 Å². The third-order valence-electron chi connectivity index (χ3n) is 3.55. The molecule has 0 saturated heterocycles. The molecule has 0 spiro atoms. The van der Waals surface area contributed by atoms with Gasteiger partial charge in [0.15, 0.2) is 5.43 Å². The molecule has 1 aromatic carbocycles. The van der Waals surface area contributed by atoms with Crippen molar-refractivity contribution in [2.24, 2.45) is 0 Å². The second-order valence-corrected chi connectivity index (χ2v) is 5.25. The summed E-state index contributed by atoms with van der Waals surface area (Å²) in [5, 5.41) is 9.18. The number of pyridine rings is 2. The maximum Gasteiger partial charge on any atom is 0.341 e. The van der Waals surface area contributed by atoms with Gasteiger partial charge in [0.25, 0.3) is 0 Å². The molecule has 0 amide bonds. The van der Waals surface area contributed by atoms with Crippen molar-refractivity contribution < 1.29 is 14.3 Å². The van der Waals surface area contributed by atoms with Gasteiger partial charge in [0.2, 0.25) is 0 Å². The summed E-state index contributed by atoms with van der Waals surface area (Å²) < 4.78 is 14.7. The van der Waals surface area contributed by atoms with Gasteiger partial charge in [-0.1, -0.05) is 12.1 Å². The van der Waals surface area contributed by atoms with Gasteiger partial charge in [-0.05, 0) is 42.0 Å². The van der Waals surface area contributed by atoms with E-state index in [2.05, 4.69) is 4.98 Å². The molecule has 0 saturated carbocycles. The zero-order valence-electron chi connectivity index (χ0n) is 13.0. The fraction of sp³-hybridized carbons (Fsp3) is 0. The summed E-state index contributed by atoms with van der Waals surface area (Å²) in [4.78, 5) is 27.3. The van der Waals surface area contributed by atoms with Crippen molar-refractivity contribution in [3.63, 3.8) is 0 Å². The fourth-order valence-electron chi connectivity index (χ4n) is 2.32. The van der Waals surface area contributed by atoms with Crippen molar-refractivity contribution >= 4 is 18.1 Å². The van der Waals surface area contributed by atoms with Gasteiger partial charge in [0.1, 0.15) is 11.4 Å². The summed E-state index contributed by atoms with van der Waals surface area (Å²) in [6.45, 7) is 0. The van der Waals surface area contributed by atoms with Gasteiger partial charge in [-0.25, -0.2) is 9.18 Å². The van der Waals surface area contributed by atoms with Gasteiger partial charge in [-0.3, -0.25) is 9.78 Å². The third-order valence-corrected chi connectivity index (χ3v) is 3.55. The van der Waals surface area contributed by atoms with Crippen LogP contribution in [0.15, 0.2) is 65.8 Å². The molecule has 3 rings (SSSR count). The van der Waals surface area contributed by atoms with Crippen LogP contribution >= 0.6 is 0 Å². The predicted octanol–water partition coefficient (Wildman–Crippen LogP) is 3.24. The van der Waals surface area contributed by atoms with Crippen molar-refractivity contribution in [2.45, 2.75) is 0 Å². The monoisotopic (exact) mass is 336 g/mol. The molecule has 0 radical (unpaired) electrons. The van der Waals surface area contributed by atoms with Crippen LogP contribution < -0.4 is 5.43 Å². The van der Waals surface area contributed by atoms with Gasteiger partial charge in [-0.15, -0.1) is 0 Å². The Kier molecular flexibility index (Phi) is 4.52. The van der Waals surface area contributed by atoms with Crippen molar-refractivity contribution in [3.05, 3.63) is 93.9 Å². The van der Waals surface area contributed by atoms with E-state index < -0.39 is 17.2 Å². The molecule has 0 aliphatic heterocycles. The molecule has 0 unspecified atom stereocenters. The first-order valence-electron chi connectivity index (χ1n) is 7.38. The Morgan fingerprint density at radius 1 is 1.16 bits per heavy atom. The molecule has 0 aliphatic rings. The SMILES string of the molecule is O=C(O)c1cn(-c2ccc(F)cc2)c(C=Cc2cccnc2)cc1=O. The molecule has 3 aromatic rings. The van der Waals surface area contributed by atoms with Gasteiger partial charge >= 0.3 is 5.97 Å². The topological polar surface area (TPSA) is 72.2 Å². The van der Waals surface area contributed by atoms with Crippen molar-refractivity contribution in [3.8, 4) is 5.69 Å². The molecule has 6 heteroatoms. The van der Waals surface area contributed by atoms with E-state index in [1.807, 2.05) is 6.07 Å². The Balaban J connectivity index is 2.14. The van der Waals surface area contributed by atoms with E-state index in [1.54, 1.807) is 30.6 Å². The van der Waals surface area contributed by atoms with Gasteiger partial charge in [-0.2, -0.15) is 0 Å². The van der Waals surface area contributed by atoms with Crippen LogP contribution in [0.1, 0.15) is 21.6 Å². The molecule has 0 atom stereocenters. The smallest absolute Gasteiger partial charge is 0.341 e. The van der Waals surface area contributed by atoms with Crippen molar-refractivity contribution in [1.29, 1.82) is 0 Å². The first kappa shape index (κ1) is 16.3. The second kappa shape index (κ2) is 6.92. The van der Waals surface area contributed by atoms with E-state index in [0.717, 1.165) is 5.56 Å². The van der Waals surface area contributed by atoms with Gasteiger partial charge < -0.3 is 9.67 Å². The number of hydrogen-bond acceptors (Lipinski definition) is 3. The highest BCUT2D eigenvalue weighted by molar-refractivity contribution is 5.87. The average Bonchev–Trinajstić information content (AvgIpc) is 2.61. The number of carboxylic acid groups (broad SMARTS) is 1. The maximum absolute atomic E-state index is 13.2. The number of benzene rings is 1. The molecule has 5 nitrogen and oxygen atoms in total. The van der Waals surface area contributed by atoms with E-state index >= 15 is 0 Å². The number of halogens is 1. The molecule has 2 heterocycles. The first-order valence-corrected chi connectivity index (χ1v) is 7.38. The van der Waals surface area contributed by atoms with E-state index in [9.17, 15) is 19.1 Å². The Labute approximate surface area is 142 Å². The molecule has 25 heavy (non-hydrogen) atoms. The number of aromatic nitrogens is 2. The molecular weight excluding hydrogens is 323 g/mol. The van der Waals surface area contributed by atoms with E-state index in [1.165, 1.54) is 41.1 Å². The zero-order valence-corrected chi connectivity index (χ0v) is 13.0. The van der Waals surface area contributed by atoms with Crippen LogP contribution in [-0.2, 0) is 0 Å². The van der Waals surface area contributed by atoms with Crippen LogP contribution in [0.4, 0.5) is 4.39 Å². The lowest BCUT2D eigenvalue weighted by Crippen LogP contribution is -2.18. The summed E-state index contributed by atoms with van der Waals surface area (Å²) in [5.41, 5.74) is 0.864. The van der Waals surface area contributed by atoms with Crippen molar-refractivity contribution in [1.82, 2.24) is 9.55 Å². The summed E-state index contributed by atoms with van der Waals surface area (Å²) >= 11 is 0. The van der Waals surface area contributed by atoms with E-state index in [-0.39, 0.29) is 5.56 Å². The third kappa shape index (κ3) is 3.69. The van der Waals surface area contributed by atoms with Crippen LogP contribution in [0.25, 0.3) is 17.8 Å². The van der Waals surface area contributed by atoms with Gasteiger partial charge in [0, 0.05) is 36.0 Å². The molecule has 0 bridgehead atoms. The lowest BCUT2D eigenvalue weighted by atomic mass is 10.2. The molecule has 0 aliphatic carbocycles. The van der Waals surface area contributed by atoms with E-state index in [4.69, 9.17) is 0 Å². The highest BCUT2D eigenvalue weighted by Gasteiger charge is 2.12. The molecular formula is C19H13FN2O3. The lowest BCUT2D eigenvalue weighted by molar-refractivity contribution is 0.0695. The zero-order chi connectivity index (χ0) is 17.8. The Morgan fingerprint density at radius 3 is 2.56 bits per heavy atom. The Morgan fingerprint density at radius 2 is 1.92 bits per heavy atom. The minimum Gasteiger partial charge on any atom is -0.477 e. The van der Waals surface area contributed by atoms with Gasteiger partial charge in [0.05, 0.1) is 0 Å². The first-order chi connectivity index (χ1) is 12.0. The largest absolute Gasteiger partial charge is 0.477 e. The molecule has 0 fully saturated rings. The number of carboxylic acids is 1. The number of carbonyl (C=O) groups is 1. The Hall–Kier alpha value is -3.54. The highest BCUT2D eigenvalue weighted by Crippen LogP contribution is 2.15. The minimum atomic E-state index is -1.32. The highest BCUT2D eigenvalue weighted by atomic mass is 19.1. The molecule has 124 valence electrons. The quantitative estimate of drug-likeness (QED) is 0.794. The number of rotatable bonds is 4. The van der Waals surface area contributed by atoms with E-state index in [0.29, 0.717) is 11.4 Å². The summed E-state index contributed by atoms with van der Waals surface area (Å²) in [6.07, 6.45) is 7.96. The predicted molar refractivity (Wildman–Crippen MR) is 92.1 cm³/mol. The van der Waals surface area contributed by atoms with Crippen LogP contribution in [0.3, 0.4) is 0 Å². The minimum absolute atomic E-state index is 0.358. The number of hydrogen-bond donors (Lipinski definition) is 1. The second-order valence-electron chi connectivity index (χ2n) is 5.25. The van der Waals surface area contributed by atoms with Crippen LogP contribution in [0, 0.1) is 5.82 Å². The summed E-state index contributed by atoms with van der Waals surface area (Å²) in [6, 6.07) is 10.4. The maximum atomic E-state index is 13.2. The normalized spacial score (nSPS) is 10.9. The van der Waals surface area contributed by atoms with Crippen LogP contribution in [-0.4, -0.2) is 20.6 Å². The summed E-state index contributed by atoms with van der Waals surface area (Å²) in [7, 11) is 0. The Bertz CT molecular complexity index is 993. The number of aromatic carboxylic acids is 1. The lowest BCUT2D eigenvalue weighted by Gasteiger charge is -2.12. The standard InChI is InChI=1S/C19H13FN2O3/c20-14-4-7-15(8-5-14)22-12-17(19(24)25)18(23)10-16(22)6-3-13-2-1-9-21-11-13/h1-12H,(H,24,25). The number of nitrogens with zero attached hydrogens (tertiary/aromatic N) is 2. The fourth-order valence-corrected chi connectivity index (χ4v) is 2.32. The molecule has 1 N–H and O–H groups in total. The average molecular weight is 336 g/mol.